The van der Waals surface area contributed by atoms with Crippen molar-refractivity contribution in [2.75, 3.05) is 4.90 Å². The summed E-state index contributed by atoms with van der Waals surface area (Å²) < 4.78 is 0.836. The number of hydrogen-bond donors (Lipinski definition) is 0. The van der Waals surface area contributed by atoms with Gasteiger partial charge in [0.25, 0.3) is 0 Å². The Balaban J connectivity index is 1.69. The van der Waals surface area contributed by atoms with Gasteiger partial charge in [0.2, 0.25) is 11.8 Å². The zero-order chi connectivity index (χ0) is 21.6. The smallest absolute Gasteiger partial charge is 0.241 e. The van der Waals surface area contributed by atoms with Crippen LogP contribution < -0.4 is 4.90 Å². The van der Waals surface area contributed by atoms with E-state index in [0.29, 0.717) is 5.69 Å². The Bertz CT molecular complexity index is 1170. The molecule has 3 aromatic rings. The number of fused-ring (bicyclic) bond motifs is 1. The molecule has 0 saturated carbocycles. The lowest BCUT2D eigenvalue weighted by molar-refractivity contribution is -0.127. The average Bonchev–Trinajstić information content (AvgIpc) is 3.00. The minimum absolute atomic E-state index is 0.135. The van der Waals surface area contributed by atoms with Gasteiger partial charge in [0.05, 0.1) is 17.0 Å². The summed E-state index contributed by atoms with van der Waals surface area (Å²) >= 11 is 3.47. The lowest BCUT2D eigenvalue weighted by atomic mass is 9.58. The fourth-order valence-electron chi connectivity index (χ4n) is 5.22. The molecule has 4 unspecified atom stereocenters. The Labute approximate surface area is 190 Å². The second kappa shape index (κ2) is 7.61. The number of benzene rings is 3. The van der Waals surface area contributed by atoms with Gasteiger partial charge in [-0.25, -0.2) is 4.90 Å². The third-order valence-corrected chi connectivity index (χ3v) is 7.22. The monoisotopic (exact) mass is 471 g/mol. The highest BCUT2D eigenvalue weighted by molar-refractivity contribution is 9.10. The normalized spacial score (nSPS) is 27.4. The molecule has 0 N–H and O–H groups in total. The Morgan fingerprint density at radius 3 is 2.10 bits per heavy atom. The van der Waals surface area contributed by atoms with Crippen LogP contribution in [0.1, 0.15) is 29.9 Å². The molecule has 2 aliphatic rings. The maximum atomic E-state index is 14.0. The maximum absolute atomic E-state index is 14.0. The number of rotatable bonds is 3. The van der Waals surface area contributed by atoms with Crippen molar-refractivity contribution in [2.45, 2.75) is 18.8 Å². The first-order valence-electron chi connectivity index (χ1n) is 10.4. The van der Waals surface area contributed by atoms with Gasteiger partial charge in [-0.05, 0) is 36.2 Å². The van der Waals surface area contributed by atoms with E-state index >= 15 is 0 Å². The van der Waals surface area contributed by atoms with Crippen molar-refractivity contribution in [3.05, 3.63) is 113 Å². The van der Waals surface area contributed by atoms with Gasteiger partial charge in [-0.1, -0.05) is 94.8 Å². The molecule has 0 aromatic heterocycles. The second-order valence-corrected chi connectivity index (χ2v) is 9.34. The molecule has 0 spiro atoms. The van der Waals surface area contributed by atoms with Gasteiger partial charge < -0.3 is 0 Å². The van der Waals surface area contributed by atoms with Crippen LogP contribution in [0.4, 0.5) is 5.69 Å². The van der Waals surface area contributed by atoms with Crippen LogP contribution in [0.15, 0.2) is 102 Å². The minimum atomic E-state index is -0.879. The maximum Gasteiger partial charge on any atom is 0.241 e. The van der Waals surface area contributed by atoms with E-state index in [1.807, 2.05) is 91.9 Å². The van der Waals surface area contributed by atoms with Gasteiger partial charge in [-0.3, -0.25) is 9.59 Å². The summed E-state index contributed by atoms with van der Waals surface area (Å²) in [5, 5.41) is 0. The Hall–Kier alpha value is -2.98. The highest BCUT2D eigenvalue weighted by atomic mass is 79.9. The van der Waals surface area contributed by atoms with Crippen molar-refractivity contribution in [1.29, 1.82) is 0 Å². The first-order valence-corrected chi connectivity index (χ1v) is 11.2. The van der Waals surface area contributed by atoms with Gasteiger partial charge in [0.15, 0.2) is 0 Å². The number of imide groups is 1. The minimum Gasteiger partial charge on any atom is -0.274 e. The number of carbonyl (C=O) groups excluding carboxylic acids is 2. The van der Waals surface area contributed by atoms with Crippen LogP contribution in [0.3, 0.4) is 0 Å². The number of nitrogens with zero attached hydrogens (tertiary/aromatic N) is 1. The summed E-state index contributed by atoms with van der Waals surface area (Å²) in [7, 11) is 0. The van der Waals surface area contributed by atoms with Crippen molar-refractivity contribution >= 4 is 33.4 Å². The molecule has 0 radical (unpaired) electrons. The first-order chi connectivity index (χ1) is 15.0. The Morgan fingerprint density at radius 2 is 1.45 bits per heavy atom. The molecule has 5 rings (SSSR count). The second-order valence-electron chi connectivity index (χ2n) is 8.43. The summed E-state index contributed by atoms with van der Waals surface area (Å²) in [6.45, 7) is 1.97. The predicted molar refractivity (Wildman–Crippen MR) is 126 cm³/mol. The standard InChI is InChI=1S/C27H22BrNO2/c1-27-23(19-11-6-3-7-12-19)16-15-22(18-9-4-2-5-10-18)24(27)25(30)29(26(27)31)21-14-8-13-20(28)17-21/h2-17,22-24H,1H3. The fourth-order valence-corrected chi connectivity index (χ4v) is 5.61. The largest absolute Gasteiger partial charge is 0.274 e. The van der Waals surface area contributed by atoms with Crippen molar-refractivity contribution in [1.82, 2.24) is 0 Å². The molecular weight excluding hydrogens is 450 g/mol. The molecule has 31 heavy (non-hydrogen) atoms. The van der Waals surface area contributed by atoms with Gasteiger partial charge in [-0.15, -0.1) is 0 Å². The number of carbonyl (C=O) groups is 2. The summed E-state index contributed by atoms with van der Waals surface area (Å²) in [4.78, 5) is 29.3. The zero-order valence-electron chi connectivity index (χ0n) is 17.1. The SMILES string of the molecule is CC12C(=O)N(c3cccc(Br)c3)C(=O)C1C(c1ccccc1)C=CC2c1ccccc1. The predicted octanol–water partition coefficient (Wildman–Crippen LogP) is 6.08. The average molecular weight is 472 g/mol. The summed E-state index contributed by atoms with van der Waals surface area (Å²) in [6.07, 6.45) is 4.24. The van der Waals surface area contributed by atoms with Crippen molar-refractivity contribution in [3.63, 3.8) is 0 Å². The zero-order valence-corrected chi connectivity index (χ0v) is 18.7. The van der Waals surface area contributed by atoms with Crippen molar-refractivity contribution < 1.29 is 9.59 Å². The molecule has 1 aliphatic heterocycles. The molecule has 1 fully saturated rings. The van der Waals surface area contributed by atoms with Crippen LogP contribution >= 0.6 is 15.9 Å². The third-order valence-electron chi connectivity index (χ3n) is 6.72. The lowest BCUT2D eigenvalue weighted by Crippen LogP contribution is -2.42. The van der Waals surface area contributed by atoms with Crippen LogP contribution in [0.5, 0.6) is 0 Å². The van der Waals surface area contributed by atoms with Gasteiger partial charge in [0.1, 0.15) is 0 Å². The molecule has 4 atom stereocenters. The van der Waals surface area contributed by atoms with E-state index in [9.17, 15) is 9.59 Å². The molecule has 1 saturated heterocycles. The number of hydrogen-bond acceptors (Lipinski definition) is 2. The molecule has 154 valence electrons. The van der Waals surface area contributed by atoms with E-state index in [2.05, 4.69) is 28.1 Å². The molecule has 3 aromatic carbocycles. The Kier molecular flexibility index (Phi) is 4.90. The van der Waals surface area contributed by atoms with Crippen LogP contribution in [0, 0.1) is 11.3 Å². The van der Waals surface area contributed by atoms with Crippen LogP contribution in [-0.2, 0) is 9.59 Å². The summed E-state index contributed by atoms with van der Waals surface area (Å²) in [6, 6.07) is 27.4. The molecular formula is C27H22BrNO2. The quantitative estimate of drug-likeness (QED) is 0.342. The highest BCUT2D eigenvalue weighted by Crippen LogP contribution is 2.57. The van der Waals surface area contributed by atoms with Gasteiger partial charge >= 0.3 is 0 Å². The number of allylic oxidation sites excluding steroid dienone is 2. The highest BCUT2D eigenvalue weighted by Gasteiger charge is 2.63. The lowest BCUT2D eigenvalue weighted by Gasteiger charge is -2.41. The van der Waals surface area contributed by atoms with E-state index < -0.39 is 11.3 Å². The van der Waals surface area contributed by atoms with E-state index in [1.54, 1.807) is 0 Å². The first kappa shape index (κ1) is 20.0. The van der Waals surface area contributed by atoms with Gasteiger partial charge in [-0.2, -0.15) is 0 Å². The van der Waals surface area contributed by atoms with Crippen LogP contribution in [-0.4, -0.2) is 11.8 Å². The van der Waals surface area contributed by atoms with E-state index in [0.717, 1.165) is 15.6 Å². The summed E-state index contributed by atoms with van der Waals surface area (Å²) in [5.41, 5.74) is 1.84. The van der Waals surface area contributed by atoms with E-state index in [4.69, 9.17) is 0 Å². The van der Waals surface area contributed by atoms with E-state index in [-0.39, 0.29) is 23.7 Å². The number of anilines is 1. The fraction of sp³-hybridized carbons (Fsp3) is 0.185. The van der Waals surface area contributed by atoms with Crippen molar-refractivity contribution in [2.24, 2.45) is 11.3 Å². The third kappa shape index (κ3) is 3.09. The molecule has 3 nitrogen and oxygen atoms in total. The molecule has 0 bridgehead atoms. The molecule has 1 heterocycles. The number of amides is 2. The molecule has 2 amide bonds. The van der Waals surface area contributed by atoms with Gasteiger partial charge in [0, 0.05) is 16.3 Å². The van der Waals surface area contributed by atoms with Crippen molar-refractivity contribution in [3.8, 4) is 0 Å². The van der Waals surface area contributed by atoms with E-state index in [1.165, 1.54) is 4.90 Å². The Morgan fingerprint density at radius 1 is 0.806 bits per heavy atom. The summed E-state index contributed by atoms with van der Waals surface area (Å²) in [5.74, 6) is -1.08. The topological polar surface area (TPSA) is 37.4 Å². The van der Waals surface area contributed by atoms with Crippen LogP contribution in [0.25, 0.3) is 0 Å². The van der Waals surface area contributed by atoms with Crippen LogP contribution in [0.2, 0.25) is 0 Å². The molecule has 4 heteroatoms. The number of halogens is 1. The molecule has 1 aliphatic carbocycles.